The fourth-order valence-corrected chi connectivity index (χ4v) is 3.69. The highest BCUT2D eigenvalue weighted by molar-refractivity contribution is 7.80. The first-order valence-corrected chi connectivity index (χ1v) is 10.3. The Hall–Kier alpha value is -2.70. The van der Waals surface area contributed by atoms with Gasteiger partial charge in [-0.05, 0) is 42.3 Å². The smallest absolute Gasteiger partial charge is 0.232 e. The van der Waals surface area contributed by atoms with Crippen molar-refractivity contribution in [2.75, 3.05) is 16.8 Å². The van der Waals surface area contributed by atoms with Gasteiger partial charge in [-0.15, -0.1) is 0 Å². The van der Waals surface area contributed by atoms with Crippen molar-refractivity contribution in [1.29, 1.82) is 0 Å². The second kappa shape index (κ2) is 8.76. The molecule has 0 aliphatic carbocycles. The third-order valence-electron chi connectivity index (χ3n) is 4.94. The topological polar surface area (TPSA) is 53.1 Å². The first-order valence-electron chi connectivity index (χ1n) is 9.53. The fourth-order valence-electron chi connectivity index (χ4n) is 3.35. The molecule has 5 nitrogen and oxygen atoms in total. The number of fused-ring (bicyclic) bond motifs is 1. The number of halogens is 1. The number of thiocarbonyl (C=S) groups is 1. The van der Waals surface area contributed by atoms with E-state index in [1.807, 2.05) is 0 Å². The minimum absolute atomic E-state index is 0.387. The van der Waals surface area contributed by atoms with Crippen LogP contribution < -0.4 is 15.5 Å². The number of aryl methyl sites for hydroxylation is 1. The molecule has 1 aromatic heterocycles. The van der Waals surface area contributed by atoms with Crippen molar-refractivity contribution in [2.45, 2.75) is 26.4 Å². The van der Waals surface area contributed by atoms with Crippen molar-refractivity contribution in [1.82, 2.24) is 15.3 Å². The average molecular weight is 424 g/mol. The number of hydrogen-bond acceptors (Lipinski definition) is 4. The molecule has 0 saturated heterocycles. The summed E-state index contributed by atoms with van der Waals surface area (Å²) in [5.41, 5.74) is 5.09. The number of nitrogens with one attached hydrogen (secondary N) is 2. The Labute approximate surface area is 181 Å². The number of anilines is 2. The molecule has 3 aromatic rings. The number of aromatic nitrogens is 2. The van der Waals surface area contributed by atoms with Crippen LogP contribution in [0.4, 0.5) is 11.8 Å². The third kappa shape index (κ3) is 5.02. The average Bonchev–Trinajstić information content (AvgIpc) is 2.72. The lowest BCUT2D eigenvalue weighted by molar-refractivity contribution is 0.720. The number of nitrogens with zero attached hydrogens (tertiary/aromatic N) is 3. The molecule has 4 rings (SSSR count). The summed E-state index contributed by atoms with van der Waals surface area (Å²) >= 11 is 11.7. The van der Waals surface area contributed by atoms with Gasteiger partial charge >= 0.3 is 0 Å². The van der Waals surface area contributed by atoms with Crippen molar-refractivity contribution in [3.05, 3.63) is 82.0 Å². The lowest BCUT2D eigenvalue weighted by Gasteiger charge is -2.30. The Bertz CT molecular complexity index is 1020. The van der Waals surface area contributed by atoms with Crippen molar-refractivity contribution in [3.8, 4) is 0 Å². The van der Waals surface area contributed by atoms with Gasteiger partial charge in [0.2, 0.25) is 5.95 Å². The predicted molar refractivity (Wildman–Crippen MR) is 122 cm³/mol. The molecule has 0 radical (unpaired) electrons. The summed E-state index contributed by atoms with van der Waals surface area (Å²) in [7, 11) is 0. The summed E-state index contributed by atoms with van der Waals surface area (Å²) in [5.74, 6) is 1.19. The van der Waals surface area contributed by atoms with Crippen LogP contribution in [0, 0.1) is 6.92 Å². The zero-order valence-corrected chi connectivity index (χ0v) is 17.7. The summed E-state index contributed by atoms with van der Waals surface area (Å²) in [6.07, 6.45) is 0.983. The van der Waals surface area contributed by atoms with Crippen LogP contribution in [0.15, 0.2) is 54.6 Å². The van der Waals surface area contributed by atoms with Crippen LogP contribution in [-0.4, -0.2) is 21.6 Å². The molecule has 2 heterocycles. The normalized spacial score (nSPS) is 13.0. The summed E-state index contributed by atoms with van der Waals surface area (Å²) in [6.45, 7) is 4.39. The number of hydrogen-bond donors (Lipinski definition) is 2. The van der Waals surface area contributed by atoms with Crippen LogP contribution in [0.1, 0.15) is 22.3 Å². The van der Waals surface area contributed by atoms with Crippen LogP contribution in [0.3, 0.4) is 0 Å². The van der Waals surface area contributed by atoms with Gasteiger partial charge in [-0.25, -0.2) is 4.98 Å². The van der Waals surface area contributed by atoms with Crippen LogP contribution >= 0.6 is 23.8 Å². The van der Waals surface area contributed by atoms with Crippen molar-refractivity contribution >= 4 is 40.7 Å². The van der Waals surface area contributed by atoms with E-state index in [4.69, 9.17) is 23.8 Å². The molecule has 148 valence electrons. The maximum absolute atomic E-state index is 6.26. The maximum atomic E-state index is 6.26. The Morgan fingerprint density at radius 3 is 2.66 bits per heavy atom. The van der Waals surface area contributed by atoms with E-state index in [2.05, 4.69) is 81.0 Å². The standard InChI is InChI=1S/C22H22ClN5S/c1-15-6-8-16(9-7-15)13-24-22(29)27-21-25-19(23)12-20(26-21)28-11-10-17-4-2-3-5-18(17)14-28/h2-9,12H,10-11,13-14H2,1H3,(H2,24,25,26,27,29). The molecule has 0 spiro atoms. The Morgan fingerprint density at radius 2 is 1.86 bits per heavy atom. The van der Waals surface area contributed by atoms with Crippen LogP contribution in [0.25, 0.3) is 0 Å². The zero-order valence-electron chi connectivity index (χ0n) is 16.2. The molecule has 0 atom stereocenters. The second-order valence-corrected chi connectivity index (χ2v) is 7.90. The van der Waals surface area contributed by atoms with Gasteiger partial charge in [-0.3, -0.25) is 0 Å². The number of benzene rings is 2. The van der Waals surface area contributed by atoms with Crippen molar-refractivity contribution in [2.24, 2.45) is 0 Å². The summed E-state index contributed by atoms with van der Waals surface area (Å²) in [5, 5.41) is 7.08. The van der Waals surface area contributed by atoms with Gasteiger partial charge in [0, 0.05) is 25.7 Å². The highest BCUT2D eigenvalue weighted by atomic mass is 35.5. The molecule has 0 unspecified atom stereocenters. The first kappa shape index (κ1) is 19.6. The van der Waals surface area contributed by atoms with E-state index in [0.29, 0.717) is 22.8 Å². The van der Waals surface area contributed by atoms with E-state index in [-0.39, 0.29) is 0 Å². The van der Waals surface area contributed by atoms with Gasteiger partial charge in [-0.1, -0.05) is 65.7 Å². The summed E-state index contributed by atoms with van der Waals surface area (Å²) < 4.78 is 0. The van der Waals surface area contributed by atoms with Gasteiger partial charge in [0.1, 0.15) is 11.0 Å². The van der Waals surface area contributed by atoms with Gasteiger partial charge in [0.25, 0.3) is 0 Å². The second-order valence-electron chi connectivity index (χ2n) is 7.11. The van der Waals surface area contributed by atoms with E-state index in [1.165, 1.54) is 16.7 Å². The molecule has 0 amide bonds. The van der Waals surface area contributed by atoms with E-state index in [0.717, 1.165) is 30.9 Å². The van der Waals surface area contributed by atoms with E-state index < -0.39 is 0 Å². The fraction of sp³-hybridized carbons (Fsp3) is 0.227. The Balaban J connectivity index is 1.42. The van der Waals surface area contributed by atoms with Gasteiger partial charge < -0.3 is 15.5 Å². The molecule has 0 bridgehead atoms. The van der Waals surface area contributed by atoms with E-state index in [1.54, 1.807) is 6.07 Å². The van der Waals surface area contributed by atoms with Crippen molar-refractivity contribution < 1.29 is 0 Å². The monoisotopic (exact) mass is 423 g/mol. The Kier molecular flexibility index (Phi) is 5.92. The predicted octanol–water partition coefficient (Wildman–Crippen LogP) is 4.49. The minimum atomic E-state index is 0.387. The SMILES string of the molecule is Cc1ccc(CNC(=S)Nc2nc(Cl)cc(N3CCc4ccccc4C3)n2)cc1. The minimum Gasteiger partial charge on any atom is -0.358 e. The Morgan fingerprint density at radius 1 is 1.10 bits per heavy atom. The molecule has 2 aromatic carbocycles. The number of rotatable bonds is 4. The lowest BCUT2D eigenvalue weighted by Crippen LogP contribution is -2.32. The highest BCUT2D eigenvalue weighted by Gasteiger charge is 2.18. The third-order valence-corrected chi connectivity index (χ3v) is 5.38. The quantitative estimate of drug-likeness (QED) is 0.476. The van der Waals surface area contributed by atoms with Crippen LogP contribution in [0.2, 0.25) is 5.15 Å². The van der Waals surface area contributed by atoms with Gasteiger partial charge in [-0.2, -0.15) is 4.98 Å². The molecule has 1 aliphatic heterocycles. The van der Waals surface area contributed by atoms with Crippen molar-refractivity contribution in [3.63, 3.8) is 0 Å². The van der Waals surface area contributed by atoms with Crippen LogP contribution in [0.5, 0.6) is 0 Å². The van der Waals surface area contributed by atoms with E-state index >= 15 is 0 Å². The molecule has 0 saturated carbocycles. The van der Waals surface area contributed by atoms with Gasteiger partial charge in [0.15, 0.2) is 5.11 Å². The molecular formula is C22H22ClN5S. The molecule has 0 fully saturated rings. The van der Waals surface area contributed by atoms with Crippen LogP contribution in [-0.2, 0) is 19.5 Å². The molecular weight excluding hydrogens is 402 g/mol. The largest absolute Gasteiger partial charge is 0.358 e. The first-order chi connectivity index (χ1) is 14.1. The summed E-state index contributed by atoms with van der Waals surface area (Å²) in [6, 6.07) is 18.6. The molecule has 7 heteroatoms. The zero-order chi connectivity index (χ0) is 20.2. The molecule has 2 N–H and O–H groups in total. The summed E-state index contributed by atoms with van der Waals surface area (Å²) in [4.78, 5) is 11.1. The molecule has 29 heavy (non-hydrogen) atoms. The maximum Gasteiger partial charge on any atom is 0.232 e. The molecule has 1 aliphatic rings. The lowest BCUT2D eigenvalue weighted by atomic mass is 10.00. The highest BCUT2D eigenvalue weighted by Crippen LogP contribution is 2.25. The van der Waals surface area contributed by atoms with Gasteiger partial charge in [0.05, 0.1) is 0 Å². The van der Waals surface area contributed by atoms with E-state index in [9.17, 15) is 0 Å².